The summed E-state index contributed by atoms with van der Waals surface area (Å²) in [6.45, 7) is 4.75. The van der Waals surface area contributed by atoms with E-state index in [-0.39, 0.29) is 5.97 Å². The molecule has 0 saturated carbocycles. The highest BCUT2D eigenvalue weighted by Crippen LogP contribution is 2.01. The topological polar surface area (TPSA) is 26.3 Å². The van der Waals surface area contributed by atoms with Gasteiger partial charge in [-0.2, -0.15) is 0 Å². The zero-order valence-corrected chi connectivity index (χ0v) is 16.9. The first kappa shape index (κ1) is 24.2. The Bertz CT molecular complexity index is 453. The van der Waals surface area contributed by atoms with E-state index in [1.54, 1.807) is 0 Å². The molecular formula is C24H38O2. The molecule has 146 valence electrons. The molecule has 0 amide bonds. The van der Waals surface area contributed by atoms with E-state index in [2.05, 4.69) is 67.7 Å². The summed E-state index contributed by atoms with van der Waals surface area (Å²) >= 11 is 0. The molecule has 0 rings (SSSR count). The fraction of sp³-hybridized carbons (Fsp3) is 0.542. The van der Waals surface area contributed by atoms with Crippen molar-refractivity contribution in [2.24, 2.45) is 0 Å². The van der Waals surface area contributed by atoms with Crippen LogP contribution in [-0.4, -0.2) is 12.6 Å². The second-order valence-electron chi connectivity index (χ2n) is 6.20. The van der Waals surface area contributed by atoms with Crippen molar-refractivity contribution < 1.29 is 9.53 Å². The van der Waals surface area contributed by atoms with Crippen LogP contribution in [-0.2, 0) is 9.53 Å². The summed E-state index contributed by atoms with van der Waals surface area (Å²) in [5.41, 5.74) is 0. The molecule has 26 heavy (non-hydrogen) atoms. The first-order chi connectivity index (χ1) is 12.8. The van der Waals surface area contributed by atoms with Crippen molar-refractivity contribution in [2.75, 3.05) is 6.61 Å². The number of allylic oxidation sites excluding steroid dienone is 10. The maximum atomic E-state index is 11.3. The van der Waals surface area contributed by atoms with Crippen molar-refractivity contribution in [3.8, 4) is 0 Å². The Hall–Kier alpha value is -1.83. The fourth-order valence-corrected chi connectivity index (χ4v) is 2.14. The van der Waals surface area contributed by atoms with Crippen molar-refractivity contribution >= 4 is 5.97 Å². The van der Waals surface area contributed by atoms with Gasteiger partial charge < -0.3 is 4.74 Å². The van der Waals surface area contributed by atoms with Crippen molar-refractivity contribution in [3.63, 3.8) is 0 Å². The van der Waals surface area contributed by atoms with Crippen LogP contribution in [0.25, 0.3) is 0 Å². The second kappa shape index (κ2) is 21.2. The van der Waals surface area contributed by atoms with E-state index in [9.17, 15) is 4.79 Å². The minimum Gasteiger partial charge on any atom is -0.466 e. The van der Waals surface area contributed by atoms with Crippen LogP contribution in [0.5, 0.6) is 0 Å². The van der Waals surface area contributed by atoms with E-state index in [1.165, 1.54) is 12.8 Å². The molecule has 0 aliphatic rings. The minimum atomic E-state index is -0.0743. The molecule has 0 saturated heterocycles. The summed E-state index contributed by atoms with van der Waals surface area (Å²) in [5, 5.41) is 0. The monoisotopic (exact) mass is 358 g/mol. The number of rotatable bonds is 16. The fourth-order valence-electron chi connectivity index (χ4n) is 2.14. The minimum absolute atomic E-state index is 0.0743. The molecule has 2 nitrogen and oxygen atoms in total. The number of unbranched alkanes of at least 4 members (excludes halogenated alkanes) is 2. The van der Waals surface area contributed by atoms with Gasteiger partial charge in [0.05, 0.1) is 6.61 Å². The quantitative estimate of drug-likeness (QED) is 0.165. The average molecular weight is 359 g/mol. The molecule has 0 aromatic rings. The summed E-state index contributed by atoms with van der Waals surface area (Å²) in [5.74, 6) is -0.0743. The summed E-state index contributed by atoms with van der Waals surface area (Å²) in [6, 6.07) is 0. The van der Waals surface area contributed by atoms with Crippen LogP contribution < -0.4 is 0 Å². The lowest BCUT2D eigenvalue weighted by Gasteiger charge is -2.00. The number of ether oxygens (including phenoxy) is 1. The second-order valence-corrected chi connectivity index (χ2v) is 6.20. The van der Waals surface area contributed by atoms with Crippen LogP contribution in [0, 0.1) is 0 Å². The molecule has 0 spiro atoms. The Morgan fingerprint density at radius 3 is 1.58 bits per heavy atom. The summed E-state index contributed by atoms with van der Waals surface area (Å²) < 4.78 is 5.04. The molecule has 0 N–H and O–H groups in total. The van der Waals surface area contributed by atoms with Crippen LogP contribution in [0.15, 0.2) is 60.8 Å². The van der Waals surface area contributed by atoms with E-state index < -0.39 is 0 Å². The molecule has 0 bridgehead atoms. The van der Waals surface area contributed by atoms with E-state index in [4.69, 9.17) is 4.74 Å². The number of carbonyl (C=O) groups excluding carboxylic acids is 1. The summed E-state index contributed by atoms with van der Waals surface area (Å²) in [6.07, 6.45) is 31.7. The molecule has 0 aliphatic carbocycles. The molecule has 0 aromatic carbocycles. The Morgan fingerprint density at radius 2 is 1.12 bits per heavy atom. The third kappa shape index (κ3) is 20.2. The normalized spacial score (nSPS) is 12.5. The van der Waals surface area contributed by atoms with Crippen molar-refractivity contribution in [1.29, 1.82) is 0 Å². The molecule has 0 radical (unpaired) electrons. The van der Waals surface area contributed by atoms with Gasteiger partial charge in [0.25, 0.3) is 0 Å². The SMILES string of the molecule is CCC/C=C\C/C=C\C/C=C\C/C=C\CC=CCCCC(=O)OCCC. The molecule has 0 atom stereocenters. The predicted molar refractivity (Wildman–Crippen MR) is 114 cm³/mol. The Morgan fingerprint density at radius 1 is 0.654 bits per heavy atom. The lowest BCUT2D eigenvalue weighted by Crippen LogP contribution is -2.04. The van der Waals surface area contributed by atoms with Crippen molar-refractivity contribution in [3.05, 3.63) is 60.8 Å². The van der Waals surface area contributed by atoms with E-state index in [0.717, 1.165) is 44.9 Å². The summed E-state index contributed by atoms with van der Waals surface area (Å²) in [4.78, 5) is 11.3. The van der Waals surface area contributed by atoms with Crippen LogP contribution >= 0.6 is 0 Å². The number of hydrogen-bond acceptors (Lipinski definition) is 2. The lowest BCUT2D eigenvalue weighted by atomic mass is 10.2. The molecule has 0 fully saturated rings. The van der Waals surface area contributed by atoms with Gasteiger partial charge in [-0.1, -0.05) is 81.0 Å². The molecule has 0 aromatic heterocycles. The van der Waals surface area contributed by atoms with E-state index >= 15 is 0 Å². The lowest BCUT2D eigenvalue weighted by molar-refractivity contribution is -0.143. The van der Waals surface area contributed by atoms with Gasteiger partial charge in [-0.15, -0.1) is 0 Å². The van der Waals surface area contributed by atoms with Crippen molar-refractivity contribution in [1.82, 2.24) is 0 Å². The van der Waals surface area contributed by atoms with Gasteiger partial charge in [-0.25, -0.2) is 0 Å². The first-order valence-corrected chi connectivity index (χ1v) is 10.2. The van der Waals surface area contributed by atoms with Gasteiger partial charge in [0.15, 0.2) is 0 Å². The maximum Gasteiger partial charge on any atom is 0.305 e. The molecular weight excluding hydrogens is 320 g/mol. The largest absolute Gasteiger partial charge is 0.466 e. The molecule has 0 aliphatic heterocycles. The highest BCUT2D eigenvalue weighted by Gasteiger charge is 1.99. The van der Waals surface area contributed by atoms with Gasteiger partial charge in [0.1, 0.15) is 0 Å². The van der Waals surface area contributed by atoms with Gasteiger partial charge in [0.2, 0.25) is 0 Å². The van der Waals surface area contributed by atoms with Crippen LogP contribution in [0.2, 0.25) is 0 Å². The highest BCUT2D eigenvalue weighted by atomic mass is 16.5. The first-order valence-electron chi connectivity index (χ1n) is 10.2. The maximum absolute atomic E-state index is 11.3. The van der Waals surface area contributed by atoms with Crippen LogP contribution in [0.1, 0.15) is 78.1 Å². The molecule has 0 unspecified atom stereocenters. The predicted octanol–water partition coefficient (Wildman–Crippen LogP) is 7.25. The third-order valence-corrected chi connectivity index (χ3v) is 3.60. The van der Waals surface area contributed by atoms with Gasteiger partial charge in [-0.3, -0.25) is 4.79 Å². The number of esters is 1. The molecule has 0 heterocycles. The number of hydrogen-bond donors (Lipinski definition) is 0. The van der Waals surface area contributed by atoms with Crippen molar-refractivity contribution in [2.45, 2.75) is 78.1 Å². The Kier molecular flexibility index (Phi) is 19.7. The zero-order chi connectivity index (χ0) is 19.1. The van der Waals surface area contributed by atoms with Crippen LogP contribution in [0.3, 0.4) is 0 Å². The Labute approximate surface area is 161 Å². The van der Waals surface area contributed by atoms with Gasteiger partial charge >= 0.3 is 5.97 Å². The summed E-state index contributed by atoms with van der Waals surface area (Å²) in [7, 11) is 0. The van der Waals surface area contributed by atoms with Gasteiger partial charge in [-0.05, 0) is 51.4 Å². The van der Waals surface area contributed by atoms with Gasteiger partial charge in [0, 0.05) is 6.42 Å². The standard InChI is InChI=1S/C24H38O2/c1-3-5-6-7-8-9-10-11-12-13-14-15-16-17-18-19-20-21-22-24(25)26-23-4-2/h6-7,9-10,12-13,15-16,18-19H,3-5,8,11,14,17,20-23H2,1-2H3/b7-6-,10-9-,13-12-,16-15-,19-18?. The molecule has 2 heteroatoms. The Balaban J connectivity index is 3.49. The van der Waals surface area contributed by atoms with Crippen LogP contribution in [0.4, 0.5) is 0 Å². The van der Waals surface area contributed by atoms with E-state index in [1.807, 2.05) is 6.92 Å². The highest BCUT2D eigenvalue weighted by molar-refractivity contribution is 5.69. The average Bonchev–Trinajstić information content (AvgIpc) is 2.65. The zero-order valence-electron chi connectivity index (χ0n) is 16.9. The number of carbonyl (C=O) groups is 1. The third-order valence-electron chi connectivity index (χ3n) is 3.60. The smallest absolute Gasteiger partial charge is 0.305 e. The van der Waals surface area contributed by atoms with E-state index in [0.29, 0.717) is 13.0 Å².